The lowest BCUT2D eigenvalue weighted by Gasteiger charge is -2.34. The van der Waals surface area contributed by atoms with Gasteiger partial charge in [0.15, 0.2) is 0 Å². The molecule has 19 heavy (non-hydrogen) atoms. The highest BCUT2D eigenvalue weighted by atomic mass is 16.5. The van der Waals surface area contributed by atoms with Gasteiger partial charge in [0.1, 0.15) is 5.75 Å². The van der Waals surface area contributed by atoms with Crippen molar-refractivity contribution in [3.63, 3.8) is 0 Å². The Morgan fingerprint density at radius 2 is 2.00 bits per heavy atom. The molecule has 1 aliphatic rings. The van der Waals surface area contributed by atoms with Crippen LogP contribution in [0.1, 0.15) is 45.4 Å². The van der Waals surface area contributed by atoms with Crippen molar-refractivity contribution >= 4 is 11.4 Å². The van der Waals surface area contributed by atoms with E-state index in [2.05, 4.69) is 24.9 Å². The summed E-state index contributed by atoms with van der Waals surface area (Å²) < 4.78 is 5.71. The maximum Gasteiger partial charge on any atom is 0.144 e. The van der Waals surface area contributed by atoms with Crippen LogP contribution in [0.2, 0.25) is 0 Å². The molecule has 1 aliphatic carbocycles. The number of anilines is 2. The molecule has 0 unspecified atom stereocenters. The third-order valence-electron chi connectivity index (χ3n) is 4.01. The molecule has 0 spiro atoms. The molecule has 2 rings (SSSR count). The van der Waals surface area contributed by atoms with Crippen LogP contribution in [0.5, 0.6) is 5.75 Å². The van der Waals surface area contributed by atoms with Gasteiger partial charge in [-0.3, -0.25) is 0 Å². The van der Waals surface area contributed by atoms with Crippen LogP contribution in [0.25, 0.3) is 0 Å². The van der Waals surface area contributed by atoms with Crippen molar-refractivity contribution in [2.75, 3.05) is 24.3 Å². The van der Waals surface area contributed by atoms with Gasteiger partial charge >= 0.3 is 0 Å². The number of nitrogens with two attached hydrogens (primary N) is 1. The Balaban J connectivity index is 2.14. The van der Waals surface area contributed by atoms with Gasteiger partial charge in [-0.05, 0) is 31.4 Å². The Bertz CT molecular complexity index is 400. The average molecular weight is 262 g/mol. The lowest BCUT2D eigenvalue weighted by Crippen LogP contribution is -2.33. The summed E-state index contributed by atoms with van der Waals surface area (Å²) in [6.45, 7) is 2.83. The number of hydrogen-bond acceptors (Lipinski definition) is 3. The molecule has 0 aliphatic heterocycles. The van der Waals surface area contributed by atoms with Gasteiger partial charge in [-0.15, -0.1) is 0 Å². The van der Waals surface area contributed by atoms with Crippen LogP contribution in [0.15, 0.2) is 18.2 Å². The fourth-order valence-electron chi connectivity index (χ4n) is 2.84. The van der Waals surface area contributed by atoms with E-state index in [0.717, 1.165) is 30.2 Å². The Kier molecular flexibility index (Phi) is 4.94. The molecular weight excluding hydrogens is 236 g/mol. The Hall–Kier alpha value is -1.38. The fourth-order valence-corrected chi connectivity index (χ4v) is 2.84. The molecule has 2 N–H and O–H groups in total. The van der Waals surface area contributed by atoms with E-state index in [1.54, 1.807) is 0 Å². The quantitative estimate of drug-likeness (QED) is 0.820. The molecule has 0 bridgehead atoms. The molecular formula is C16H26N2O. The van der Waals surface area contributed by atoms with Gasteiger partial charge in [0, 0.05) is 13.1 Å². The van der Waals surface area contributed by atoms with Crippen molar-refractivity contribution in [2.45, 2.75) is 51.5 Å². The molecule has 0 radical (unpaired) electrons. The first kappa shape index (κ1) is 14.0. The van der Waals surface area contributed by atoms with Crippen LogP contribution in [-0.2, 0) is 0 Å². The van der Waals surface area contributed by atoms with Crippen molar-refractivity contribution in [3.8, 4) is 5.75 Å². The summed E-state index contributed by atoms with van der Waals surface area (Å²) >= 11 is 0. The van der Waals surface area contributed by atoms with E-state index in [1.165, 1.54) is 32.1 Å². The van der Waals surface area contributed by atoms with Crippen molar-refractivity contribution < 1.29 is 4.74 Å². The molecule has 1 aromatic rings. The SMILES string of the molecule is CCCOc1cccc(N(C)C2CCCCC2)c1N. The minimum atomic E-state index is 0.623. The fraction of sp³-hybridized carbons (Fsp3) is 0.625. The molecule has 106 valence electrons. The zero-order valence-electron chi connectivity index (χ0n) is 12.2. The van der Waals surface area contributed by atoms with Crippen molar-refractivity contribution in [2.24, 2.45) is 0 Å². The van der Waals surface area contributed by atoms with Crippen LogP contribution < -0.4 is 15.4 Å². The van der Waals surface area contributed by atoms with Crippen LogP contribution in [0.4, 0.5) is 11.4 Å². The van der Waals surface area contributed by atoms with E-state index < -0.39 is 0 Å². The van der Waals surface area contributed by atoms with Gasteiger partial charge in [0.25, 0.3) is 0 Å². The van der Waals surface area contributed by atoms with E-state index in [-0.39, 0.29) is 0 Å². The van der Waals surface area contributed by atoms with E-state index in [9.17, 15) is 0 Å². The molecule has 0 amide bonds. The first-order valence-electron chi connectivity index (χ1n) is 7.48. The lowest BCUT2D eigenvalue weighted by molar-refractivity contribution is 0.319. The Morgan fingerprint density at radius 1 is 1.26 bits per heavy atom. The van der Waals surface area contributed by atoms with E-state index in [1.807, 2.05) is 12.1 Å². The van der Waals surface area contributed by atoms with Crippen LogP contribution in [0.3, 0.4) is 0 Å². The Labute approximate surface area is 116 Å². The van der Waals surface area contributed by atoms with Crippen LogP contribution in [0, 0.1) is 0 Å². The minimum Gasteiger partial charge on any atom is -0.491 e. The van der Waals surface area contributed by atoms with E-state index in [4.69, 9.17) is 10.5 Å². The summed E-state index contributed by atoms with van der Waals surface area (Å²) in [6.07, 6.45) is 7.59. The third kappa shape index (κ3) is 3.34. The summed E-state index contributed by atoms with van der Waals surface area (Å²) in [4.78, 5) is 2.34. The predicted molar refractivity (Wildman–Crippen MR) is 81.9 cm³/mol. The Morgan fingerprint density at radius 3 is 2.68 bits per heavy atom. The highest BCUT2D eigenvalue weighted by Gasteiger charge is 2.20. The average Bonchev–Trinajstić information content (AvgIpc) is 2.46. The molecule has 3 heteroatoms. The summed E-state index contributed by atoms with van der Waals surface area (Å²) in [6, 6.07) is 6.72. The lowest BCUT2D eigenvalue weighted by atomic mass is 9.94. The van der Waals surface area contributed by atoms with Crippen LogP contribution >= 0.6 is 0 Å². The zero-order valence-corrected chi connectivity index (χ0v) is 12.2. The van der Waals surface area contributed by atoms with Gasteiger partial charge < -0.3 is 15.4 Å². The second-order valence-electron chi connectivity index (χ2n) is 5.44. The molecule has 0 aromatic heterocycles. The van der Waals surface area contributed by atoms with Crippen molar-refractivity contribution in [1.29, 1.82) is 0 Å². The van der Waals surface area contributed by atoms with Crippen molar-refractivity contribution in [3.05, 3.63) is 18.2 Å². The predicted octanol–water partition coefficient (Wildman–Crippen LogP) is 3.83. The summed E-state index contributed by atoms with van der Waals surface area (Å²) in [5, 5.41) is 0. The monoisotopic (exact) mass is 262 g/mol. The molecule has 3 nitrogen and oxygen atoms in total. The number of rotatable bonds is 5. The highest BCUT2D eigenvalue weighted by molar-refractivity contribution is 5.74. The number of hydrogen-bond donors (Lipinski definition) is 1. The van der Waals surface area contributed by atoms with Crippen LogP contribution in [-0.4, -0.2) is 19.7 Å². The van der Waals surface area contributed by atoms with Gasteiger partial charge in [0.2, 0.25) is 0 Å². The standard InChI is InChI=1S/C16H26N2O/c1-3-12-19-15-11-7-10-14(16(15)17)18(2)13-8-5-4-6-9-13/h7,10-11,13H,3-6,8-9,12,17H2,1-2H3. The summed E-state index contributed by atoms with van der Waals surface area (Å²) in [7, 11) is 2.16. The van der Waals surface area contributed by atoms with Gasteiger partial charge in [0.05, 0.1) is 18.0 Å². The second kappa shape index (κ2) is 6.69. The molecule has 0 saturated heterocycles. The number of para-hydroxylation sites is 1. The molecule has 1 saturated carbocycles. The third-order valence-corrected chi connectivity index (χ3v) is 4.01. The number of nitrogens with zero attached hydrogens (tertiary/aromatic N) is 1. The first-order chi connectivity index (χ1) is 9.24. The van der Waals surface area contributed by atoms with Crippen molar-refractivity contribution in [1.82, 2.24) is 0 Å². The normalized spacial score (nSPS) is 16.3. The number of benzene rings is 1. The first-order valence-corrected chi connectivity index (χ1v) is 7.48. The van der Waals surface area contributed by atoms with Gasteiger partial charge in [-0.1, -0.05) is 32.3 Å². The van der Waals surface area contributed by atoms with E-state index in [0.29, 0.717) is 6.04 Å². The summed E-state index contributed by atoms with van der Waals surface area (Å²) in [5.74, 6) is 0.821. The smallest absolute Gasteiger partial charge is 0.144 e. The number of nitrogen functional groups attached to an aromatic ring is 1. The van der Waals surface area contributed by atoms with Gasteiger partial charge in [-0.2, -0.15) is 0 Å². The maximum atomic E-state index is 6.27. The second-order valence-corrected chi connectivity index (χ2v) is 5.44. The molecule has 0 atom stereocenters. The summed E-state index contributed by atoms with van der Waals surface area (Å²) in [5.41, 5.74) is 8.16. The maximum absolute atomic E-state index is 6.27. The molecule has 1 fully saturated rings. The molecule has 1 aromatic carbocycles. The highest BCUT2D eigenvalue weighted by Crippen LogP contribution is 2.35. The largest absolute Gasteiger partial charge is 0.491 e. The number of ether oxygens (including phenoxy) is 1. The molecule has 0 heterocycles. The zero-order chi connectivity index (χ0) is 13.7. The minimum absolute atomic E-state index is 0.623. The topological polar surface area (TPSA) is 38.5 Å². The van der Waals surface area contributed by atoms with Gasteiger partial charge in [-0.25, -0.2) is 0 Å². The van der Waals surface area contributed by atoms with E-state index >= 15 is 0 Å².